The van der Waals surface area contributed by atoms with Gasteiger partial charge in [-0.3, -0.25) is 19.0 Å². The second-order valence-corrected chi connectivity index (χ2v) is 8.46. The van der Waals surface area contributed by atoms with Gasteiger partial charge in [0.2, 0.25) is 11.8 Å². The Hall–Kier alpha value is -3.79. The fraction of sp³-hybridized carbons (Fsp3) is 0.333. The van der Waals surface area contributed by atoms with Gasteiger partial charge in [-0.05, 0) is 30.7 Å². The number of hydrogen-bond acceptors (Lipinski definition) is 7. The minimum absolute atomic E-state index is 0.0516. The summed E-state index contributed by atoms with van der Waals surface area (Å²) >= 11 is 6.40. The Bertz CT molecular complexity index is 1330. The first kappa shape index (κ1) is 24.3. The molecule has 2 aromatic carbocycles. The zero-order chi connectivity index (χ0) is 24.9. The van der Waals surface area contributed by atoms with Crippen molar-refractivity contribution in [3.05, 3.63) is 52.0 Å². The number of fused-ring (bicyclic) bond motifs is 1. The molecule has 10 nitrogen and oxygen atoms in total. The molecule has 2 amide bonds. The van der Waals surface area contributed by atoms with E-state index in [0.29, 0.717) is 59.2 Å². The molecule has 0 spiro atoms. The Morgan fingerprint density at radius 3 is 2.66 bits per heavy atom. The summed E-state index contributed by atoms with van der Waals surface area (Å²) < 4.78 is 12.0. The Kier molecular flexibility index (Phi) is 7.40. The molecule has 184 valence electrons. The van der Waals surface area contributed by atoms with Gasteiger partial charge in [-0.1, -0.05) is 11.6 Å². The van der Waals surface area contributed by atoms with E-state index in [4.69, 9.17) is 21.1 Å². The summed E-state index contributed by atoms with van der Waals surface area (Å²) in [5, 5.41) is 6.47. The normalized spacial score (nSPS) is 13.5. The van der Waals surface area contributed by atoms with Gasteiger partial charge >= 0.3 is 0 Å². The highest BCUT2D eigenvalue weighted by atomic mass is 35.5. The molecule has 3 aromatic rings. The van der Waals surface area contributed by atoms with Crippen molar-refractivity contribution in [2.45, 2.75) is 19.4 Å². The SMILES string of the molecule is COc1cc2ncn(CCCC(=O)Nc3ccc(N4CCNC(=O)C4)c(Cl)c3)c(=O)c2cc1OC. The topological polar surface area (TPSA) is 115 Å². The number of nitrogens with one attached hydrogen (secondary N) is 2. The van der Waals surface area contributed by atoms with Gasteiger partial charge in [0.1, 0.15) is 0 Å². The van der Waals surface area contributed by atoms with Gasteiger partial charge in [0.15, 0.2) is 11.5 Å². The van der Waals surface area contributed by atoms with Crippen LogP contribution in [0, 0.1) is 0 Å². The molecule has 1 aromatic heterocycles. The first-order valence-electron chi connectivity index (χ1n) is 11.1. The third kappa shape index (κ3) is 5.48. The van der Waals surface area contributed by atoms with E-state index in [1.54, 1.807) is 30.3 Å². The molecule has 0 aliphatic carbocycles. The predicted octanol–water partition coefficient (Wildman–Crippen LogP) is 2.42. The number of methoxy groups -OCH3 is 2. The summed E-state index contributed by atoms with van der Waals surface area (Å²) in [5.41, 5.74) is 1.60. The van der Waals surface area contributed by atoms with Crippen molar-refractivity contribution in [2.75, 3.05) is 44.1 Å². The fourth-order valence-electron chi connectivity index (χ4n) is 3.96. The molecule has 1 aliphatic rings. The number of rotatable bonds is 8. The second-order valence-electron chi connectivity index (χ2n) is 8.06. The number of nitrogens with zero attached hydrogens (tertiary/aromatic N) is 3. The molecule has 0 atom stereocenters. The zero-order valence-electron chi connectivity index (χ0n) is 19.5. The number of halogens is 1. The summed E-state index contributed by atoms with van der Waals surface area (Å²) in [6.45, 7) is 1.81. The molecular weight excluding hydrogens is 474 g/mol. The van der Waals surface area contributed by atoms with Crippen LogP contribution in [0.15, 0.2) is 41.5 Å². The van der Waals surface area contributed by atoms with Crippen molar-refractivity contribution in [1.82, 2.24) is 14.9 Å². The number of carbonyl (C=O) groups is 2. The zero-order valence-corrected chi connectivity index (χ0v) is 20.2. The molecular formula is C24H26ClN5O5. The number of aromatic nitrogens is 2. The molecule has 1 saturated heterocycles. The van der Waals surface area contributed by atoms with E-state index >= 15 is 0 Å². The summed E-state index contributed by atoms with van der Waals surface area (Å²) in [5.74, 6) is 0.698. The first-order valence-corrected chi connectivity index (χ1v) is 11.5. The van der Waals surface area contributed by atoms with Crippen LogP contribution in [0.1, 0.15) is 12.8 Å². The van der Waals surface area contributed by atoms with Crippen LogP contribution in [0.25, 0.3) is 10.9 Å². The van der Waals surface area contributed by atoms with Crippen LogP contribution in [0.5, 0.6) is 11.5 Å². The van der Waals surface area contributed by atoms with Crippen molar-refractivity contribution in [1.29, 1.82) is 0 Å². The number of ether oxygens (including phenoxy) is 2. The Morgan fingerprint density at radius 2 is 1.94 bits per heavy atom. The quantitative estimate of drug-likeness (QED) is 0.489. The van der Waals surface area contributed by atoms with Gasteiger partial charge in [0.05, 0.1) is 48.7 Å². The lowest BCUT2D eigenvalue weighted by molar-refractivity contribution is -0.120. The number of amides is 2. The summed E-state index contributed by atoms with van der Waals surface area (Å²) in [4.78, 5) is 43.2. The number of anilines is 2. The molecule has 2 heterocycles. The van der Waals surface area contributed by atoms with Crippen LogP contribution in [0.2, 0.25) is 5.02 Å². The average Bonchev–Trinajstić information content (AvgIpc) is 2.84. The summed E-state index contributed by atoms with van der Waals surface area (Å²) in [6, 6.07) is 8.48. The van der Waals surface area contributed by atoms with Crippen molar-refractivity contribution in [3.63, 3.8) is 0 Å². The monoisotopic (exact) mass is 499 g/mol. The Balaban J connectivity index is 1.36. The minimum Gasteiger partial charge on any atom is -0.493 e. The van der Waals surface area contributed by atoms with Crippen LogP contribution in [-0.2, 0) is 16.1 Å². The van der Waals surface area contributed by atoms with Gasteiger partial charge in [-0.15, -0.1) is 0 Å². The highest BCUT2D eigenvalue weighted by Gasteiger charge is 2.19. The smallest absolute Gasteiger partial charge is 0.261 e. The Morgan fingerprint density at radius 1 is 1.17 bits per heavy atom. The lowest BCUT2D eigenvalue weighted by atomic mass is 10.2. The van der Waals surface area contributed by atoms with Crippen molar-refractivity contribution < 1.29 is 19.1 Å². The van der Waals surface area contributed by atoms with Gasteiger partial charge in [-0.25, -0.2) is 4.98 Å². The van der Waals surface area contributed by atoms with Crippen LogP contribution in [-0.4, -0.2) is 55.2 Å². The third-order valence-electron chi connectivity index (χ3n) is 5.74. The molecule has 11 heteroatoms. The lowest BCUT2D eigenvalue weighted by Gasteiger charge is -2.29. The van der Waals surface area contributed by atoms with Crippen molar-refractivity contribution in [3.8, 4) is 11.5 Å². The van der Waals surface area contributed by atoms with E-state index in [9.17, 15) is 14.4 Å². The second kappa shape index (κ2) is 10.6. The molecule has 0 radical (unpaired) electrons. The fourth-order valence-corrected chi connectivity index (χ4v) is 4.26. The van der Waals surface area contributed by atoms with Gasteiger partial charge < -0.3 is 25.0 Å². The predicted molar refractivity (Wildman–Crippen MR) is 134 cm³/mol. The van der Waals surface area contributed by atoms with Gasteiger partial charge in [0.25, 0.3) is 5.56 Å². The van der Waals surface area contributed by atoms with E-state index in [1.165, 1.54) is 25.1 Å². The van der Waals surface area contributed by atoms with E-state index in [2.05, 4.69) is 15.6 Å². The maximum atomic E-state index is 12.9. The third-order valence-corrected chi connectivity index (χ3v) is 6.05. The van der Waals surface area contributed by atoms with Crippen LogP contribution in [0.4, 0.5) is 11.4 Å². The number of piperazine rings is 1. The maximum absolute atomic E-state index is 12.9. The highest BCUT2D eigenvalue weighted by Crippen LogP contribution is 2.30. The van der Waals surface area contributed by atoms with Crippen molar-refractivity contribution in [2.24, 2.45) is 0 Å². The standard InChI is InChI=1S/C24H26ClN5O5/c1-34-20-11-16-18(12-21(20)35-2)27-14-30(24(16)33)8-3-4-22(31)28-15-5-6-19(17(25)10-15)29-9-7-26-23(32)13-29/h5-6,10-12,14H,3-4,7-9,13H2,1-2H3,(H,26,32)(H,28,31). The Labute approximate surface area is 206 Å². The van der Waals surface area contributed by atoms with E-state index in [1.807, 2.05) is 4.90 Å². The summed E-state index contributed by atoms with van der Waals surface area (Å²) in [7, 11) is 3.02. The molecule has 2 N–H and O–H groups in total. The van der Waals surface area contributed by atoms with Crippen LogP contribution < -0.4 is 30.6 Å². The molecule has 4 rings (SSSR count). The molecule has 35 heavy (non-hydrogen) atoms. The van der Waals surface area contributed by atoms with E-state index in [0.717, 1.165) is 5.69 Å². The minimum atomic E-state index is -0.217. The first-order chi connectivity index (χ1) is 16.9. The number of benzene rings is 2. The highest BCUT2D eigenvalue weighted by molar-refractivity contribution is 6.33. The summed E-state index contributed by atoms with van der Waals surface area (Å²) in [6.07, 6.45) is 2.12. The maximum Gasteiger partial charge on any atom is 0.261 e. The van der Waals surface area contributed by atoms with E-state index < -0.39 is 0 Å². The molecule has 1 aliphatic heterocycles. The molecule has 1 fully saturated rings. The molecule has 0 saturated carbocycles. The van der Waals surface area contributed by atoms with E-state index in [-0.39, 0.29) is 30.3 Å². The lowest BCUT2D eigenvalue weighted by Crippen LogP contribution is -2.47. The molecule has 0 unspecified atom stereocenters. The number of hydrogen-bond donors (Lipinski definition) is 2. The van der Waals surface area contributed by atoms with Gasteiger partial charge in [-0.2, -0.15) is 0 Å². The van der Waals surface area contributed by atoms with Crippen LogP contribution in [0.3, 0.4) is 0 Å². The van der Waals surface area contributed by atoms with Crippen LogP contribution >= 0.6 is 11.6 Å². The molecule has 0 bridgehead atoms. The van der Waals surface area contributed by atoms with Gasteiger partial charge in [0, 0.05) is 37.8 Å². The number of aryl methyl sites for hydroxylation is 1. The number of carbonyl (C=O) groups excluding carboxylic acids is 2. The average molecular weight is 500 g/mol. The van der Waals surface area contributed by atoms with Crippen molar-refractivity contribution >= 4 is 45.7 Å². The largest absolute Gasteiger partial charge is 0.493 e.